The number of hydrazone groups is 1. The van der Waals surface area contributed by atoms with Crippen molar-refractivity contribution in [1.29, 1.82) is 0 Å². The van der Waals surface area contributed by atoms with Crippen LogP contribution in [-0.2, 0) is 20.9 Å². The fourth-order valence-corrected chi connectivity index (χ4v) is 2.14. The largest absolute Gasteiger partial charge is 0.489 e. The van der Waals surface area contributed by atoms with Gasteiger partial charge in [-0.1, -0.05) is 42.5 Å². The van der Waals surface area contributed by atoms with Crippen molar-refractivity contribution in [3.8, 4) is 5.75 Å². The highest BCUT2D eigenvalue weighted by Gasteiger charge is 2.11. The second-order valence-corrected chi connectivity index (χ2v) is 5.65. The lowest BCUT2D eigenvalue weighted by Crippen LogP contribution is -2.38. The van der Waals surface area contributed by atoms with Gasteiger partial charge in [-0.25, -0.2) is 5.43 Å². The lowest BCUT2D eigenvalue weighted by Gasteiger charge is -2.06. The summed E-state index contributed by atoms with van der Waals surface area (Å²) >= 11 is 0. The first-order chi connectivity index (χ1) is 13.2. The molecule has 2 rings (SSSR count). The Morgan fingerprint density at radius 2 is 1.89 bits per heavy atom. The molecule has 0 bridgehead atoms. The summed E-state index contributed by atoms with van der Waals surface area (Å²) in [7, 11) is 1.57. The van der Waals surface area contributed by atoms with Crippen LogP contribution in [-0.4, -0.2) is 38.3 Å². The molecule has 2 aromatic rings. The zero-order valence-corrected chi connectivity index (χ0v) is 15.2. The molecule has 0 spiro atoms. The topological polar surface area (TPSA) is 89.0 Å². The van der Waals surface area contributed by atoms with E-state index >= 15 is 0 Å². The molecule has 142 valence electrons. The Morgan fingerprint density at radius 3 is 2.67 bits per heavy atom. The van der Waals surface area contributed by atoms with Gasteiger partial charge in [0.15, 0.2) is 0 Å². The third kappa shape index (κ3) is 7.70. The minimum absolute atomic E-state index is 0.366. The van der Waals surface area contributed by atoms with Crippen molar-refractivity contribution in [3.05, 3.63) is 65.7 Å². The van der Waals surface area contributed by atoms with Gasteiger partial charge in [0.05, 0.1) is 6.21 Å². The molecule has 0 aliphatic carbocycles. The van der Waals surface area contributed by atoms with Crippen molar-refractivity contribution >= 4 is 18.0 Å². The number of hydrogen-bond donors (Lipinski definition) is 2. The van der Waals surface area contributed by atoms with Crippen LogP contribution in [0.3, 0.4) is 0 Å². The third-order valence-corrected chi connectivity index (χ3v) is 3.50. The van der Waals surface area contributed by atoms with Gasteiger partial charge in [0, 0.05) is 20.3 Å². The summed E-state index contributed by atoms with van der Waals surface area (Å²) < 4.78 is 10.6. The number of methoxy groups -OCH3 is 1. The van der Waals surface area contributed by atoms with Crippen LogP contribution in [0.25, 0.3) is 0 Å². The quantitative estimate of drug-likeness (QED) is 0.306. The summed E-state index contributed by atoms with van der Waals surface area (Å²) in [5, 5.41) is 6.28. The fourth-order valence-electron chi connectivity index (χ4n) is 2.14. The maximum Gasteiger partial charge on any atom is 0.329 e. The Labute approximate surface area is 158 Å². The maximum atomic E-state index is 11.6. The lowest BCUT2D eigenvalue weighted by molar-refractivity contribution is -0.139. The number of carbonyl (C=O) groups is 2. The van der Waals surface area contributed by atoms with Gasteiger partial charge in [-0.15, -0.1) is 0 Å². The number of benzene rings is 2. The van der Waals surface area contributed by atoms with E-state index in [4.69, 9.17) is 9.47 Å². The monoisotopic (exact) mass is 369 g/mol. The number of nitrogens with one attached hydrogen (secondary N) is 2. The summed E-state index contributed by atoms with van der Waals surface area (Å²) in [5.74, 6) is -0.867. The van der Waals surface area contributed by atoms with E-state index in [1.54, 1.807) is 13.2 Å². The average molecular weight is 369 g/mol. The van der Waals surface area contributed by atoms with Crippen molar-refractivity contribution in [2.75, 3.05) is 20.3 Å². The number of ether oxygens (including phenoxy) is 2. The van der Waals surface area contributed by atoms with Crippen LogP contribution in [0.5, 0.6) is 5.75 Å². The molecule has 0 saturated heterocycles. The zero-order chi connectivity index (χ0) is 19.3. The first-order valence-corrected chi connectivity index (χ1v) is 8.56. The molecule has 2 N–H and O–H groups in total. The molecule has 0 fully saturated rings. The molecule has 0 heterocycles. The molecule has 0 atom stereocenters. The molecule has 0 aliphatic heterocycles. The number of rotatable bonds is 9. The van der Waals surface area contributed by atoms with Crippen molar-refractivity contribution in [1.82, 2.24) is 10.7 Å². The standard InChI is InChI=1S/C20H23N3O4/c1-26-12-6-11-21-19(24)20(25)23-22-14-17-9-5-10-18(13-17)27-15-16-7-3-2-4-8-16/h2-5,7-10,13-14H,6,11-12,15H2,1H3,(H,21,24)(H,23,25). The minimum atomic E-state index is -0.819. The second-order valence-electron chi connectivity index (χ2n) is 5.65. The number of amides is 2. The van der Waals surface area contributed by atoms with Crippen LogP contribution in [0, 0.1) is 0 Å². The molecular formula is C20H23N3O4. The summed E-state index contributed by atoms with van der Waals surface area (Å²) in [5.41, 5.74) is 4.00. The third-order valence-electron chi connectivity index (χ3n) is 3.50. The lowest BCUT2D eigenvalue weighted by atomic mass is 10.2. The van der Waals surface area contributed by atoms with Crippen LogP contribution in [0.1, 0.15) is 17.5 Å². The summed E-state index contributed by atoms with van der Waals surface area (Å²) in [6, 6.07) is 17.1. The van der Waals surface area contributed by atoms with Crippen LogP contribution in [0.4, 0.5) is 0 Å². The van der Waals surface area contributed by atoms with Crippen LogP contribution in [0.2, 0.25) is 0 Å². The molecule has 0 unspecified atom stereocenters. The highest BCUT2D eigenvalue weighted by molar-refractivity contribution is 6.35. The van der Waals surface area contributed by atoms with Crippen molar-refractivity contribution in [2.45, 2.75) is 13.0 Å². The Balaban J connectivity index is 1.79. The van der Waals surface area contributed by atoms with E-state index in [1.165, 1.54) is 6.21 Å². The van der Waals surface area contributed by atoms with Gasteiger partial charge in [-0.3, -0.25) is 9.59 Å². The summed E-state index contributed by atoms with van der Waals surface area (Å²) in [4.78, 5) is 23.2. The van der Waals surface area contributed by atoms with E-state index in [-0.39, 0.29) is 0 Å². The van der Waals surface area contributed by atoms with Gasteiger partial charge in [-0.2, -0.15) is 5.10 Å². The van der Waals surface area contributed by atoms with Crippen molar-refractivity contribution in [3.63, 3.8) is 0 Å². The van der Waals surface area contributed by atoms with Gasteiger partial charge in [0.25, 0.3) is 0 Å². The first-order valence-electron chi connectivity index (χ1n) is 8.56. The number of hydrogen-bond acceptors (Lipinski definition) is 5. The molecule has 0 aromatic heterocycles. The highest BCUT2D eigenvalue weighted by Crippen LogP contribution is 2.14. The molecule has 0 radical (unpaired) electrons. The molecule has 27 heavy (non-hydrogen) atoms. The Kier molecular flexibility index (Phi) is 8.52. The Morgan fingerprint density at radius 1 is 1.07 bits per heavy atom. The normalized spacial score (nSPS) is 10.6. The smallest absolute Gasteiger partial charge is 0.329 e. The van der Waals surface area contributed by atoms with Gasteiger partial charge in [-0.05, 0) is 29.7 Å². The fraction of sp³-hybridized carbons (Fsp3) is 0.250. The van der Waals surface area contributed by atoms with Crippen LogP contribution < -0.4 is 15.5 Å². The van der Waals surface area contributed by atoms with E-state index in [1.807, 2.05) is 48.5 Å². The molecular weight excluding hydrogens is 346 g/mol. The SMILES string of the molecule is COCCCNC(=O)C(=O)NN=Cc1cccc(OCc2ccccc2)c1. The number of nitrogens with zero attached hydrogens (tertiary/aromatic N) is 1. The van der Waals surface area contributed by atoms with Gasteiger partial charge in [0.1, 0.15) is 12.4 Å². The molecule has 7 nitrogen and oxygen atoms in total. The minimum Gasteiger partial charge on any atom is -0.489 e. The van der Waals surface area contributed by atoms with E-state index in [0.29, 0.717) is 31.9 Å². The van der Waals surface area contributed by atoms with Gasteiger partial charge in [0.2, 0.25) is 0 Å². The number of carbonyl (C=O) groups excluding carboxylic acids is 2. The zero-order valence-electron chi connectivity index (χ0n) is 15.2. The Hall–Kier alpha value is -3.19. The van der Waals surface area contributed by atoms with Crippen LogP contribution >= 0.6 is 0 Å². The molecule has 2 aromatic carbocycles. The van der Waals surface area contributed by atoms with E-state index < -0.39 is 11.8 Å². The predicted molar refractivity (Wildman–Crippen MR) is 102 cm³/mol. The second kappa shape index (κ2) is 11.4. The van der Waals surface area contributed by atoms with E-state index in [0.717, 1.165) is 11.1 Å². The molecule has 0 aliphatic rings. The maximum absolute atomic E-state index is 11.6. The molecule has 7 heteroatoms. The van der Waals surface area contributed by atoms with E-state index in [2.05, 4.69) is 15.8 Å². The average Bonchev–Trinajstić information content (AvgIpc) is 2.70. The van der Waals surface area contributed by atoms with Gasteiger partial charge >= 0.3 is 11.8 Å². The molecule has 2 amide bonds. The molecule has 0 saturated carbocycles. The highest BCUT2D eigenvalue weighted by atomic mass is 16.5. The Bertz CT molecular complexity index is 763. The first kappa shape index (κ1) is 20.1. The van der Waals surface area contributed by atoms with Crippen LogP contribution in [0.15, 0.2) is 59.7 Å². The van der Waals surface area contributed by atoms with Crippen molar-refractivity contribution < 1.29 is 19.1 Å². The predicted octanol–water partition coefficient (Wildman–Crippen LogP) is 1.87. The summed E-state index contributed by atoms with van der Waals surface area (Å²) in [6.45, 7) is 1.34. The van der Waals surface area contributed by atoms with Gasteiger partial charge < -0.3 is 14.8 Å². The van der Waals surface area contributed by atoms with E-state index in [9.17, 15) is 9.59 Å². The van der Waals surface area contributed by atoms with Crippen molar-refractivity contribution in [2.24, 2.45) is 5.10 Å². The summed E-state index contributed by atoms with van der Waals surface area (Å²) in [6.07, 6.45) is 2.08.